The van der Waals surface area contributed by atoms with E-state index in [1.165, 1.54) is 32.1 Å². The molecule has 2 aliphatic rings. The lowest BCUT2D eigenvalue weighted by Gasteiger charge is -2.30. The van der Waals surface area contributed by atoms with E-state index in [1.807, 2.05) is 0 Å². The Hall–Kier alpha value is -1.46. The monoisotopic (exact) mass is 291 g/mol. The van der Waals surface area contributed by atoms with E-state index >= 15 is 0 Å². The van der Waals surface area contributed by atoms with Crippen LogP contribution in [0.15, 0.2) is 6.33 Å². The predicted octanol–water partition coefficient (Wildman–Crippen LogP) is 1.93. The third-order valence-electron chi connectivity index (χ3n) is 5.01. The normalized spacial score (nSPS) is 27.4. The fourth-order valence-corrected chi connectivity index (χ4v) is 3.70. The Bertz CT molecular complexity index is 433. The van der Waals surface area contributed by atoms with Crippen LogP contribution >= 0.6 is 0 Å². The van der Waals surface area contributed by atoms with Crippen molar-refractivity contribution in [3.63, 3.8) is 0 Å². The van der Waals surface area contributed by atoms with Gasteiger partial charge in [-0.3, -0.25) is 4.79 Å². The van der Waals surface area contributed by atoms with Crippen molar-refractivity contribution < 1.29 is 4.79 Å². The van der Waals surface area contributed by atoms with Gasteiger partial charge in [0.05, 0.1) is 0 Å². The van der Waals surface area contributed by atoms with Crippen LogP contribution in [0.4, 0.5) is 0 Å². The maximum atomic E-state index is 12.3. The smallest absolute Gasteiger partial charge is 0.223 e. The fourth-order valence-electron chi connectivity index (χ4n) is 3.70. The first-order chi connectivity index (χ1) is 10.3. The maximum Gasteiger partial charge on any atom is 0.223 e. The Morgan fingerprint density at radius 2 is 1.86 bits per heavy atom. The summed E-state index contributed by atoms with van der Waals surface area (Å²) in [7, 11) is 0. The number of hydrogen-bond donors (Lipinski definition) is 1. The second-order valence-corrected chi connectivity index (χ2v) is 6.59. The first-order valence-corrected chi connectivity index (χ1v) is 8.32. The molecule has 3 rings (SSSR count). The van der Waals surface area contributed by atoms with Crippen molar-refractivity contribution in [2.45, 2.75) is 70.4 Å². The molecule has 1 aromatic heterocycles. The Morgan fingerprint density at radius 3 is 2.52 bits per heavy atom. The molecule has 2 aliphatic carbocycles. The topological polar surface area (TPSA) is 72.7 Å². The SMILES string of the molecule is O=C(NC1CCCCC1)C1CCC(Cn2cnnn2)CC1. The van der Waals surface area contributed by atoms with E-state index in [0.717, 1.165) is 32.2 Å². The Morgan fingerprint density at radius 1 is 1.10 bits per heavy atom. The molecule has 2 saturated carbocycles. The average molecular weight is 291 g/mol. The quantitative estimate of drug-likeness (QED) is 0.920. The van der Waals surface area contributed by atoms with Gasteiger partial charge in [-0.25, -0.2) is 4.68 Å². The first-order valence-electron chi connectivity index (χ1n) is 8.32. The molecule has 0 unspecified atom stereocenters. The standard InChI is InChI=1S/C15H25N5O/c21-15(17-14-4-2-1-3-5-14)13-8-6-12(7-9-13)10-20-11-16-18-19-20/h11-14H,1-10H2,(H,17,21). The molecule has 1 amide bonds. The van der Waals surface area contributed by atoms with Gasteiger partial charge in [0.1, 0.15) is 6.33 Å². The summed E-state index contributed by atoms with van der Waals surface area (Å²) in [5.41, 5.74) is 0. The minimum absolute atomic E-state index is 0.219. The van der Waals surface area contributed by atoms with Crippen LogP contribution in [0.1, 0.15) is 57.8 Å². The third kappa shape index (κ3) is 4.02. The summed E-state index contributed by atoms with van der Waals surface area (Å²) in [6, 6.07) is 0.435. The lowest BCUT2D eigenvalue weighted by atomic mass is 9.81. The van der Waals surface area contributed by atoms with Gasteiger partial charge in [-0.2, -0.15) is 0 Å². The molecule has 0 saturated heterocycles. The van der Waals surface area contributed by atoms with Crippen molar-refractivity contribution in [1.29, 1.82) is 0 Å². The largest absolute Gasteiger partial charge is 0.353 e. The van der Waals surface area contributed by atoms with Crippen molar-refractivity contribution in [2.24, 2.45) is 11.8 Å². The van der Waals surface area contributed by atoms with E-state index in [-0.39, 0.29) is 5.92 Å². The molecule has 0 aliphatic heterocycles. The van der Waals surface area contributed by atoms with Gasteiger partial charge in [-0.1, -0.05) is 19.3 Å². The average Bonchev–Trinajstić information content (AvgIpc) is 3.02. The number of amides is 1. The lowest BCUT2D eigenvalue weighted by Crippen LogP contribution is -2.41. The summed E-state index contributed by atoms with van der Waals surface area (Å²) in [5.74, 6) is 1.12. The number of rotatable bonds is 4. The molecule has 2 fully saturated rings. The highest BCUT2D eigenvalue weighted by Crippen LogP contribution is 2.30. The zero-order valence-electron chi connectivity index (χ0n) is 12.6. The number of nitrogens with zero attached hydrogens (tertiary/aromatic N) is 4. The van der Waals surface area contributed by atoms with E-state index in [9.17, 15) is 4.79 Å². The van der Waals surface area contributed by atoms with Gasteiger partial charge in [-0.15, -0.1) is 5.10 Å². The Balaban J connectivity index is 1.41. The highest BCUT2D eigenvalue weighted by molar-refractivity contribution is 5.79. The molecule has 1 N–H and O–H groups in total. The maximum absolute atomic E-state index is 12.3. The second kappa shape index (κ2) is 7.00. The zero-order valence-corrected chi connectivity index (χ0v) is 12.6. The minimum atomic E-state index is 0.219. The van der Waals surface area contributed by atoms with Crippen LogP contribution in [0.25, 0.3) is 0 Å². The number of aromatic nitrogens is 4. The second-order valence-electron chi connectivity index (χ2n) is 6.59. The van der Waals surface area contributed by atoms with Gasteiger partial charge in [0.2, 0.25) is 5.91 Å². The van der Waals surface area contributed by atoms with E-state index in [4.69, 9.17) is 0 Å². The molecule has 0 aromatic carbocycles. The number of carbonyl (C=O) groups is 1. The van der Waals surface area contributed by atoms with Crippen LogP contribution in [0.5, 0.6) is 0 Å². The molecule has 6 nitrogen and oxygen atoms in total. The molecule has 0 atom stereocenters. The molecular weight excluding hydrogens is 266 g/mol. The summed E-state index contributed by atoms with van der Waals surface area (Å²) in [4.78, 5) is 12.3. The summed E-state index contributed by atoms with van der Waals surface area (Å²) in [6.07, 6.45) is 12.1. The number of hydrogen-bond acceptors (Lipinski definition) is 4. The van der Waals surface area contributed by atoms with Gasteiger partial charge in [0.25, 0.3) is 0 Å². The third-order valence-corrected chi connectivity index (χ3v) is 5.01. The van der Waals surface area contributed by atoms with Crippen molar-refractivity contribution in [3.8, 4) is 0 Å². The summed E-state index contributed by atoms with van der Waals surface area (Å²) in [6.45, 7) is 0.879. The highest BCUT2D eigenvalue weighted by Gasteiger charge is 2.28. The molecule has 6 heteroatoms. The molecule has 116 valence electrons. The highest BCUT2D eigenvalue weighted by atomic mass is 16.1. The van der Waals surface area contributed by atoms with Gasteiger partial charge >= 0.3 is 0 Å². The lowest BCUT2D eigenvalue weighted by molar-refractivity contribution is -0.127. The summed E-state index contributed by atoms with van der Waals surface area (Å²) >= 11 is 0. The van der Waals surface area contributed by atoms with Crippen molar-refractivity contribution in [3.05, 3.63) is 6.33 Å². The van der Waals surface area contributed by atoms with Crippen LogP contribution in [-0.2, 0) is 11.3 Å². The minimum Gasteiger partial charge on any atom is -0.353 e. The molecule has 0 radical (unpaired) electrons. The molecule has 0 spiro atoms. The summed E-state index contributed by atoms with van der Waals surface area (Å²) in [5, 5.41) is 14.5. The zero-order chi connectivity index (χ0) is 14.5. The molecule has 0 bridgehead atoms. The molecular formula is C15H25N5O. The summed E-state index contributed by atoms with van der Waals surface area (Å²) < 4.78 is 1.80. The Labute approximate surface area is 125 Å². The van der Waals surface area contributed by atoms with Crippen LogP contribution in [0, 0.1) is 11.8 Å². The molecule has 1 heterocycles. The van der Waals surface area contributed by atoms with Gasteiger partial charge < -0.3 is 5.32 Å². The Kier molecular flexibility index (Phi) is 4.83. The number of nitrogens with one attached hydrogen (secondary N) is 1. The van der Waals surface area contributed by atoms with E-state index in [0.29, 0.717) is 17.9 Å². The van der Waals surface area contributed by atoms with Crippen molar-refractivity contribution in [1.82, 2.24) is 25.5 Å². The van der Waals surface area contributed by atoms with Crippen LogP contribution < -0.4 is 5.32 Å². The van der Waals surface area contributed by atoms with Crippen molar-refractivity contribution >= 4 is 5.91 Å². The predicted molar refractivity (Wildman–Crippen MR) is 78.3 cm³/mol. The van der Waals surface area contributed by atoms with Crippen LogP contribution in [0.3, 0.4) is 0 Å². The first kappa shape index (κ1) is 14.5. The molecule has 21 heavy (non-hydrogen) atoms. The fraction of sp³-hybridized carbons (Fsp3) is 0.867. The van der Waals surface area contributed by atoms with Gasteiger partial charge in [0.15, 0.2) is 0 Å². The van der Waals surface area contributed by atoms with Gasteiger partial charge in [-0.05, 0) is 54.9 Å². The van der Waals surface area contributed by atoms with E-state index in [2.05, 4.69) is 20.8 Å². The number of carbonyl (C=O) groups excluding carboxylic acids is 1. The van der Waals surface area contributed by atoms with E-state index in [1.54, 1.807) is 11.0 Å². The van der Waals surface area contributed by atoms with Crippen LogP contribution in [0.2, 0.25) is 0 Å². The molecule has 1 aromatic rings. The van der Waals surface area contributed by atoms with E-state index < -0.39 is 0 Å². The number of tetrazole rings is 1. The van der Waals surface area contributed by atoms with Gasteiger partial charge in [0, 0.05) is 18.5 Å². The van der Waals surface area contributed by atoms with Crippen LogP contribution in [-0.4, -0.2) is 32.2 Å². The van der Waals surface area contributed by atoms with Crippen molar-refractivity contribution in [2.75, 3.05) is 0 Å².